The van der Waals surface area contributed by atoms with Crippen LogP contribution in [0, 0.1) is 11.6 Å². The lowest BCUT2D eigenvalue weighted by Gasteiger charge is -2.09. The van der Waals surface area contributed by atoms with Crippen molar-refractivity contribution in [3.05, 3.63) is 29.6 Å². The average molecular weight is 338 g/mol. The number of aromatic nitrogens is 2. The highest BCUT2D eigenvalue weighted by molar-refractivity contribution is 7.88. The number of nitrogens with zero attached hydrogens (tertiary/aromatic N) is 2. The van der Waals surface area contributed by atoms with Crippen LogP contribution < -0.4 is 4.72 Å². The molecule has 9 heteroatoms. The Hall–Kier alpha value is -1.25. The predicted molar refractivity (Wildman–Crippen MR) is 76.9 cm³/mol. The van der Waals surface area contributed by atoms with Crippen LogP contribution in [0.2, 0.25) is 0 Å². The van der Waals surface area contributed by atoms with E-state index in [9.17, 15) is 17.2 Å². The number of aryl methyl sites for hydroxylation is 1. The Balaban J connectivity index is 2.40. The summed E-state index contributed by atoms with van der Waals surface area (Å²) < 4.78 is 53.1. The van der Waals surface area contributed by atoms with Gasteiger partial charge in [0.25, 0.3) is 0 Å². The molecule has 0 saturated carbocycles. The van der Waals surface area contributed by atoms with Crippen molar-refractivity contribution in [2.45, 2.75) is 13.0 Å². The largest absolute Gasteiger partial charge is 0.326 e. The van der Waals surface area contributed by atoms with Gasteiger partial charge in [0.05, 0.1) is 11.8 Å². The van der Waals surface area contributed by atoms with Crippen LogP contribution in [0.4, 0.5) is 8.78 Å². The molecule has 0 amide bonds. The van der Waals surface area contributed by atoms with Gasteiger partial charge in [-0.2, -0.15) is 0 Å². The van der Waals surface area contributed by atoms with Crippen molar-refractivity contribution in [2.75, 3.05) is 18.7 Å². The Kier molecular flexibility index (Phi) is 4.80. The molecular weight excluding hydrogens is 324 g/mol. The first kappa shape index (κ1) is 16.1. The minimum absolute atomic E-state index is 0.0517. The summed E-state index contributed by atoms with van der Waals surface area (Å²) in [4.78, 5) is 4.12. The molecule has 2 rings (SSSR count). The summed E-state index contributed by atoms with van der Waals surface area (Å²) in [6.45, 7) is 0.302. The Morgan fingerprint density at radius 2 is 2.10 bits per heavy atom. The third-order valence-electron chi connectivity index (χ3n) is 2.87. The van der Waals surface area contributed by atoms with Crippen molar-refractivity contribution in [3.63, 3.8) is 0 Å². The molecule has 5 nitrogen and oxygen atoms in total. The van der Waals surface area contributed by atoms with Gasteiger partial charge >= 0.3 is 0 Å². The SMILES string of the molecule is CS(=O)(=O)NCCn1c(CCCl)nc2c(F)cc(F)cc21. The molecule has 0 spiro atoms. The maximum absolute atomic E-state index is 13.7. The van der Waals surface area contributed by atoms with Crippen LogP contribution in [0.15, 0.2) is 12.1 Å². The van der Waals surface area contributed by atoms with Crippen LogP contribution in [0.5, 0.6) is 0 Å². The first-order chi connectivity index (χ1) is 9.81. The summed E-state index contributed by atoms with van der Waals surface area (Å²) in [5.41, 5.74) is 0.332. The van der Waals surface area contributed by atoms with E-state index in [-0.39, 0.29) is 30.0 Å². The van der Waals surface area contributed by atoms with E-state index in [2.05, 4.69) is 9.71 Å². The van der Waals surface area contributed by atoms with Crippen LogP contribution in [0.3, 0.4) is 0 Å². The fraction of sp³-hybridized carbons (Fsp3) is 0.417. The second-order valence-electron chi connectivity index (χ2n) is 4.54. The van der Waals surface area contributed by atoms with Gasteiger partial charge in [-0.05, 0) is 6.07 Å². The van der Waals surface area contributed by atoms with Gasteiger partial charge in [-0.15, -0.1) is 11.6 Å². The molecule has 0 unspecified atom stereocenters. The molecule has 0 aliphatic heterocycles. The Bertz CT molecular complexity index is 761. The van der Waals surface area contributed by atoms with Crippen LogP contribution in [-0.2, 0) is 23.0 Å². The van der Waals surface area contributed by atoms with Crippen molar-refractivity contribution in [1.29, 1.82) is 0 Å². The summed E-state index contributed by atoms with van der Waals surface area (Å²) >= 11 is 5.68. The van der Waals surface area contributed by atoms with Gasteiger partial charge < -0.3 is 4.57 Å². The van der Waals surface area contributed by atoms with E-state index in [1.807, 2.05) is 0 Å². The minimum Gasteiger partial charge on any atom is -0.326 e. The summed E-state index contributed by atoms with van der Waals surface area (Å²) in [7, 11) is -3.33. The van der Waals surface area contributed by atoms with Crippen LogP contribution in [0.1, 0.15) is 5.82 Å². The third-order valence-corrected chi connectivity index (χ3v) is 3.79. The molecule has 1 N–H and O–H groups in total. The zero-order valence-corrected chi connectivity index (χ0v) is 12.8. The van der Waals surface area contributed by atoms with Gasteiger partial charge in [-0.3, -0.25) is 0 Å². The van der Waals surface area contributed by atoms with Gasteiger partial charge in [0.2, 0.25) is 10.0 Å². The number of sulfonamides is 1. The number of fused-ring (bicyclic) bond motifs is 1. The van der Waals surface area contributed by atoms with E-state index >= 15 is 0 Å². The molecule has 1 aromatic carbocycles. The molecule has 21 heavy (non-hydrogen) atoms. The van der Waals surface area contributed by atoms with Crippen molar-refractivity contribution in [3.8, 4) is 0 Å². The highest BCUT2D eigenvalue weighted by atomic mass is 35.5. The quantitative estimate of drug-likeness (QED) is 0.815. The number of imidazole rings is 1. The van der Waals surface area contributed by atoms with E-state index < -0.39 is 21.7 Å². The number of rotatable bonds is 6. The molecule has 1 aromatic heterocycles. The number of hydrogen-bond donors (Lipinski definition) is 1. The van der Waals surface area contributed by atoms with Crippen LogP contribution >= 0.6 is 11.6 Å². The lowest BCUT2D eigenvalue weighted by atomic mass is 10.3. The van der Waals surface area contributed by atoms with E-state index in [4.69, 9.17) is 11.6 Å². The Morgan fingerprint density at radius 3 is 2.71 bits per heavy atom. The lowest BCUT2D eigenvalue weighted by molar-refractivity contribution is 0.575. The van der Waals surface area contributed by atoms with Crippen molar-refractivity contribution in [2.24, 2.45) is 0 Å². The monoisotopic (exact) mass is 337 g/mol. The fourth-order valence-corrected chi connectivity index (χ4v) is 2.70. The second-order valence-corrected chi connectivity index (χ2v) is 6.75. The smallest absolute Gasteiger partial charge is 0.208 e. The molecule has 0 bridgehead atoms. The average Bonchev–Trinajstić information content (AvgIpc) is 2.67. The lowest BCUT2D eigenvalue weighted by Crippen LogP contribution is -2.26. The fourth-order valence-electron chi connectivity index (χ4n) is 2.07. The van der Waals surface area contributed by atoms with Gasteiger partial charge in [0, 0.05) is 31.5 Å². The number of nitrogens with one attached hydrogen (secondary N) is 1. The van der Waals surface area contributed by atoms with Crippen LogP contribution in [0.25, 0.3) is 11.0 Å². The number of halogens is 3. The summed E-state index contributed by atoms with van der Waals surface area (Å²) in [6.07, 6.45) is 1.41. The van der Waals surface area contributed by atoms with Crippen molar-refractivity contribution >= 4 is 32.7 Å². The maximum Gasteiger partial charge on any atom is 0.208 e. The highest BCUT2D eigenvalue weighted by Gasteiger charge is 2.15. The molecule has 2 aromatic rings. The van der Waals surface area contributed by atoms with E-state index in [0.717, 1.165) is 12.3 Å². The van der Waals surface area contributed by atoms with Crippen LogP contribution in [-0.4, -0.2) is 36.6 Å². The molecule has 0 aliphatic carbocycles. The van der Waals surface area contributed by atoms with Crippen molar-refractivity contribution in [1.82, 2.24) is 14.3 Å². The number of hydrogen-bond acceptors (Lipinski definition) is 3. The topological polar surface area (TPSA) is 64.0 Å². The molecule has 0 fully saturated rings. The van der Waals surface area contributed by atoms with Gasteiger partial charge in [-0.1, -0.05) is 0 Å². The van der Waals surface area contributed by atoms with E-state index in [1.54, 1.807) is 4.57 Å². The van der Waals surface area contributed by atoms with E-state index in [0.29, 0.717) is 12.2 Å². The summed E-state index contributed by atoms with van der Waals surface area (Å²) in [5.74, 6) is -0.711. The first-order valence-electron chi connectivity index (χ1n) is 6.16. The molecule has 1 heterocycles. The van der Waals surface area contributed by atoms with Gasteiger partial charge in [0.15, 0.2) is 5.82 Å². The molecule has 0 atom stereocenters. The predicted octanol–water partition coefficient (Wildman–Crippen LogP) is 1.64. The molecule has 0 aliphatic rings. The minimum atomic E-state index is -3.33. The standard InChI is InChI=1S/C12H14ClF2N3O2S/c1-21(19,20)16-4-5-18-10-7-8(14)6-9(15)12(10)17-11(18)2-3-13/h6-7,16H,2-5H2,1H3. The Labute approximate surface area is 126 Å². The van der Waals surface area contributed by atoms with Crippen molar-refractivity contribution < 1.29 is 17.2 Å². The van der Waals surface area contributed by atoms with Gasteiger partial charge in [-0.25, -0.2) is 26.9 Å². The molecule has 0 radical (unpaired) electrons. The Morgan fingerprint density at radius 1 is 1.38 bits per heavy atom. The second kappa shape index (κ2) is 6.25. The highest BCUT2D eigenvalue weighted by Crippen LogP contribution is 2.21. The molecule has 0 saturated heterocycles. The number of alkyl halides is 1. The zero-order chi connectivity index (χ0) is 15.6. The number of benzene rings is 1. The van der Waals surface area contributed by atoms with Gasteiger partial charge in [0.1, 0.15) is 17.2 Å². The third kappa shape index (κ3) is 3.90. The molecular formula is C12H14ClF2N3O2S. The first-order valence-corrected chi connectivity index (χ1v) is 8.59. The summed E-state index contributed by atoms with van der Waals surface area (Å²) in [5, 5.41) is 0. The molecule has 116 valence electrons. The van der Waals surface area contributed by atoms with E-state index in [1.165, 1.54) is 6.07 Å². The zero-order valence-electron chi connectivity index (χ0n) is 11.2. The summed E-state index contributed by atoms with van der Waals surface area (Å²) in [6, 6.07) is 1.93. The maximum atomic E-state index is 13.7. The normalized spacial score (nSPS) is 12.2.